The van der Waals surface area contributed by atoms with Crippen LogP contribution < -0.4 is 4.74 Å². The fraction of sp³-hybridized carbons (Fsp3) is 0.417. The summed E-state index contributed by atoms with van der Waals surface area (Å²) in [6.07, 6.45) is 0.850. The van der Waals surface area contributed by atoms with E-state index in [0.717, 1.165) is 18.4 Å². The van der Waals surface area contributed by atoms with Crippen LogP contribution in [0.15, 0.2) is 18.2 Å². The molecule has 1 aromatic rings. The molecule has 0 spiro atoms. The average molecular weight is 242 g/mol. The van der Waals surface area contributed by atoms with Gasteiger partial charge in [-0.2, -0.15) is 8.78 Å². The van der Waals surface area contributed by atoms with Crippen LogP contribution >= 0.6 is 0 Å². The highest BCUT2D eigenvalue weighted by molar-refractivity contribution is 5.75. The minimum absolute atomic E-state index is 0.321. The monoisotopic (exact) mass is 242 g/mol. The van der Waals surface area contributed by atoms with Gasteiger partial charge in [-0.15, -0.1) is 0 Å². The van der Waals surface area contributed by atoms with Crippen molar-refractivity contribution in [3.63, 3.8) is 0 Å². The molecule has 0 saturated carbocycles. The molecule has 0 radical (unpaired) electrons. The maximum atomic E-state index is 13.0. The Kier molecular flexibility index (Phi) is 3.00. The first-order valence-corrected chi connectivity index (χ1v) is 5.35. The first-order valence-electron chi connectivity index (χ1n) is 5.35. The van der Waals surface area contributed by atoms with Crippen molar-refractivity contribution in [2.45, 2.75) is 25.2 Å². The number of carboxylic acid groups (broad SMARTS) is 1. The number of hydrogen-bond acceptors (Lipinski definition) is 2. The molecule has 17 heavy (non-hydrogen) atoms. The highest BCUT2D eigenvalue weighted by Crippen LogP contribution is 2.28. The minimum Gasteiger partial charge on any atom is -0.493 e. The molecular weight excluding hydrogens is 230 g/mol. The summed E-state index contributed by atoms with van der Waals surface area (Å²) in [5, 5.41) is 8.37. The normalized spacial score (nSPS) is 14.9. The van der Waals surface area contributed by atoms with Gasteiger partial charge in [0.05, 0.1) is 6.61 Å². The summed E-state index contributed by atoms with van der Waals surface area (Å²) in [6, 6.07) is 4.72. The Morgan fingerprint density at radius 1 is 1.47 bits per heavy atom. The van der Waals surface area contributed by atoms with Crippen LogP contribution in [0.5, 0.6) is 5.75 Å². The average Bonchev–Trinajstić information content (AvgIpc) is 2.28. The molecule has 1 aromatic carbocycles. The predicted octanol–water partition coefficient (Wildman–Crippen LogP) is 2.27. The SMILES string of the molecule is O=C(O)C(F)(F)Cc1ccc2c(c1)CCCO2. The lowest BCUT2D eigenvalue weighted by Crippen LogP contribution is -2.30. The molecule has 0 fully saturated rings. The number of ether oxygens (including phenoxy) is 1. The number of carboxylic acids is 1. The van der Waals surface area contributed by atoms with E-state index in [1.165, 1.54) is 6.07 Å². The van der Waals surface area contributed by atoms with Crippen LogP contribution in [-0.4, -0.2) is 23.6 Å². The molecule has 0 atom stereocenters. The Morgan fingerprint density at radius 3 is 2.94 bits per heavy atom. The van der Waals surface area contributed by atoms with Crippen molar-refractivity contribution in [3.8, 4) is 5.75 Å². The molecule has 3 nitrogen and oxygen atoms in total. The number of fused-ring (bicyclic) bond motifs is 1. The number of carbonyl (C=O) groups is 1. The summed E-state index contributed by atoms with van der Waals surface area (Å²) in [7, 11) is 0. The van der Waals surface area contributed by atoms with Crippen LogP contribution in [-0.2, 0) is 17.6 Å². The zero-order valence-corrected chi connectivity index (χ0v) is 9.08. The first-order chi connectivity index (χ1) is 7.99. The van der Waals surface area contributed by atoms with Crippen molar-refractivity contribution in [2.75, 3.05) is 6.61 Å². The van der Waals surface area contributed by atoms with Gasteiger partial charge in [0.1, 0.15) is 5.75 Å². The number of aryl methyl sites for hydroxylation is 1. The maximum absolute atomic E-state index is 13.0. The third-order valence-electron chi connectivity index (χ3n) is 2.71. The highest BCUT2D eigenvalue weighted by atomic mass is 19.3. The number of aliphatic carboxylic acids is 1. The van der Waals surface area contributed by atoms with Crippen molar-refractivity contribution >= 4 is 5.97 Å². The lowest BCUT2D eigenvalue weighted by atomic mass is 10.00. The second-order valence-corrected chi connectivity index (χ2v) is 4.08. The molecule has 1 heterocycles. The molecular formula is C12H12F2O3. The first kappa shape index (κ1) is 11.8. The minimum atomic E-state index is -3.72. The van der Waals surface area contributed by atoms with Crippen LogP contribution in [0.3, 0.4) is 0 Å². The molecule has 5 heteroatoms. The van der Waals surface area contributed by atoms with Gasteiger partial charge < -0.3 is 9.84 Å². The molecule has 1 aliphatic rings. The van der Waals surface area contributed by atoms with Gasteiger partial charge in [-0.25, -0.2) is 4.79 Å². The lowest BCUT2D eigenvalue weighted by molar-refractivity contribution is -0.164. The molecule has 1 aliphatic heterocycles. The van der Waals surface area contributed by atoms with Crippen molar-refractivity contribution < 1.29 is 23.4 Å². The second-order valence-electron chi connectivity index (χ2n) is 4.08. The van der Waals surface area contributed by atoms with Crippen molar-refractivity contribution in [3.05, 3.63) is 29.3 Å². The lowest BCUT2D eigenvalue weighted by Gasteiger charge is -2.18. The van der Waals surface area contributed by atoms with E-state index in [1.54, 1.807) is 12.1 Å². The second kappa shape index (κ2) is 4.31. The van der Waals surface area contributed by atoms with Gasteiger partial charge in [-0.05, 0) is 30.0 Å². The molecule has 0 amide bonds. The van der Waals surface area contributed by atoms with Crippen molar-refractivity contribution in [1.29, 1.82) is 0 Å². The summed E-state index contributed by atoms with van der Waals surface area (Å²) in [5.74, 6) is -5.10. The Labute approximate surface area is 97.0 Å². The molecule has 0 bridgehead atoms. The third kappa shape index (κ3) is 2.54. The van der Waals surface area contributed by atoms with Gasteiger partial charge in [-0.3, -0.25) is 0 Å². The summed E-state index contributed by atoms with van der Waals surface area (Å²) >= 11 is 0. The van der Waals surface area contributed by atoms with Crippen LogP contribution in [0.1, 0.15) is 17.5 Å². The van der Waals surface area contributed by atoms with Crippen LogP contribution in [0.2, 0.25) is 0 Å². The standard InChI is InChI=1S/C12H12F2O3/c13-12(14,11(15)16)7-8-3-4-10-9(6-8)2-1-5-17-10/h3-4,6H,1-2,5,7H2,(H,15,16). The van der Waals surface area contributed by atoms with Gasteiger partial charge in [0.15, 0.2) is 0 Å². The quantitative estimate of drug-likeness (QED) is 0.884. The van der Waals surface area contributed by atoms with E-state index in [9.17, 15) is 13.6 Å². The third-order valence-corrected chi connectivity index (χ3v) is 2.71. The van der Waals surface area contributed by atoms with E-state index >= 15 is 0 Å². The van der Waals surface area contributed by atoms with E-state index in [0.29, 0.717) is 17.9 Å². The molecule has 0 aliphatic carbocycles. The Hall–Kier alpha value is -1.65. The van der Waals surface area contributed by atoms with Gasteiger partial charge in [0.25, 0.3) is 0 Å². The molecule has 2 rings (SSSR count). The topological polar surface area (TPSA) is 46.5 Å². The fourth-order valence-electron chi connectivity index (χ4n) is 1.86. The largest absolute Gasteiger partial charge is 0.493 e. The number of rotatable bonds is 3. The number of benzene rings is 1. The van der Waals surface area contributed by atoms with Crippen molar-refractivity contribution in [1.82, 2.24) is 0 Å². The van der Waals surface area contributed by atoms with Gasteiger partial charge in [0, 0.05) is 6.42 Å². The van der Waals surface area contributed by atoms with Crippen molar-refractivity contribution in [2.24, 2.45) is 0 Å². The van der Waals surface area contributed by atoms with E-state index in [-0.39, 0.29) is 0 Å². The van der Waals surface area contributed by atoms with Crippen LogP contribution in [0.25, 0.3) is 0 Å². The maximum Gasteiger partial charge on any atom is 0.374 e. The molecule has 0 saturated heterocycles. The van der Waals surface area contributed by atoms with Crippen LogP contribution in [0.4, 0.5) is 8.78 Å². The summed E-state index contributed by atoms with van der Waals surface area (Å²) in [4.78, 5) is 10.3. The highest BCUT2D eigenvalue weighted by Gasteiger charge is 2.38. The number of halogens is 2. The summed E-state index contributed by atoms with van der Waals surface area (Å²) in [5.41, 5.74) is 1.19. The Bertz CT molecular complexity index is 443. The number of alkyl halides is 2. The van der Waals surface area contributed by atoms with Crippen LogP contribution in [0, 0.1) is 0 Å². The van der Waals surface area contributed by atoms with Gasteiger partial charge in [-0.1, -0.05) is 12.1 Å². The molecule has 1 N–H and O–H groups in total. The van der Waals surface area contributed by atoms with Gasteiger partial charge in [0.2, 0.25) is 0 Å². The van der Waals surface area contributed by atoms with E-state index in [4.69, 9.17) is 9.84 Å². The molecule has 0 aromatic heterocycles. The van der Waals surface area contributed by atoms with E-state index in [1.807, 2.05) is 0 Å². The Balaban J connectivity index is 2.20. The summed E-state index contributed by atoms with van der Waals surface area (Å²) in [6.45, 7) is 0.637. The summed E-state index contributed by atoms with van der Waals surface area (Å²) < 4.78 is 31.4. The zero-order chi connectivity index (χ0) is 12.5. The smallest absolute Gasteiger partial charge is 0.374 e. The number of hydrogen-bond donors (Lipinski definition) is 1. The van der Waals surface area contributed by atoms with Gasteiger partial charge >= 0.3 is 11.9 Å². The Morgan fingerprint density at radius 2 is 2.24 bits per heavy atom. The fourth-order valence-corrected chi connectivity index (χ4v) is 1.86. The van der Waals surface area contributed by atoms with E-state index < -0.39 is 18.3 Å². The molecule has 0 unspecified atom stereocenters. The predicted molar refractivity (Wildman–Crippen MR) is 56.5 cm³/mol. The zero-order valence-electron chi connectivity index (χ0n) is 9.08. The molecule has 92 valence electrons. The van der Waals surface area contributed by atoms with E-state index in [2.05, 4.69) is 0 Å².